The van der Waals surface area contributed by atoms with E-state index in [-0.39, 0.29) is 17.8 Å². The van der Waals surface area contributed by atoms with Gasteiger partial charge in [-0.15, -0.1) is 0 Å². The second kappa shape index (κ2) is 6.27. The molecule has 0 radical (unpaired) electrons. The summed E-state index contributed by atoms with van der Waals surface area (Å²) in [4.78, 5) is 18.8. The van der Waals surface area contributed by atoms with Crippen molar-refractivity contribution in [3.8, 4) is 0 Å². The molecule has 0 amide bonds. The number of hydrogen-bond acceptors (Lipinski definition) is 5. The van der Waals surface area contributed by atoms with Gasteiger partial charge in [0.25, 0.3) is 0 Å². The summed E-state index contributed by atoms with van der Waals surface area (Å²) < 4.78 is 2.37. The summed E-state index contributed by atoms with van der Waals surface area (Å²) in [6, 6.07) is 12.4. The first kappa shape index (κ1) is 18.1. The van der Waals surface area contributed by atoms with E-state index in [1.165, 1.54) is 0 Å². The lowest BCUT2D eigenvalue weighted by molar-refractivity contribution is -0.760. The fourth-order valence-corrected chi connectivity index (χ4v) is 5.29. The average molecular weight is 385 g/mol. The zero-order valence-corrected chi connectivity index (χ0v) is 17.4. The Balaban J connectivity index is 1.86. The summed E-state index contributed by atoms with van der Waals surface area (Å²) in [7, 11) is 0. The number of para-hydroxylation sites is 2. The third kappa shape index (κ3) is 2.18. The molecule has 29 heavy (non-hydrogen) atoms. The summed E-state index contributed by atoms with van der Waals surface area (Å²) >= 11 is 0. The molecule has 2 aromatic heterocycles. The number of anilines is 4. The van der Waals surface area contributed by atoms with Crippen LogP contribution in [0.4, 0.5) is 23.3 Å². The number of aromatic nitrogens is 4. The van der Waals surface area contributed by atoms with E-state index in [0.717, 1.165) is 36.1 Å². The molecule has 2 atom stereocenters. The van der Waals surface area contributed by atoms with Crippen LogP contribution in [0.15, 0.2) is 61.2 Å². The lowest BCUT2D eigenvalue weighted by Gasteiger charge is -2.51. The van der Waals surface area contributed by atoms with Gasteiger partial charge in [-0.25, -0.2) is 14.5 Å². The minimum Gasteiger partial charge on any atom is -0.316 e. The molecule has 146 valence electrons. The highest BCUT2D eigenvalue weighted by Gasteiger charge is 2.69. The molecule has 2 aliphatic heterocycles. The number of rotatable bonds is 3. The molecule has 5 rings (SSSR count). The quantitative estimate of drug-likeness (QED) is 0.499. The van der Waals surface area contributed by atoms with Gasteiger partial charge >= 0.3 is 12.9 Å². The third-order valence-electron chi connectivity index (χ3n) is 7.35. The summed E-state index contributed by atoms with van der Waals surface area (Å²) in [6.07, 6.45) is 9.72. The SMILES string of the molecule is CCC1(C)B2N(c3ncccn3)c3ccccc3N2c2nccc[n+]2C1(C)CC. The van der Waals surface area contributed by atoms with Gasteiger partial charge in [0, 0.05) is 23.8 Å². The molecule has 6 nitrogen and oxygen atoms in total. The van der Waals surface area contributed by atoms with Crippen molar-refractivity contribution in [1.82, 2.24) is 15.0 Å². The average Bonchev–Trinajstić information content (AvgIpc) is 3.14. The first-order valence-electron chi connectivity index (χ1n) is 10.4. The Morgan fingerprint density at radius 2 is 1.52 bits per heavy atom. The van der Waals surface area contributed by atoms with E-state index in [9.17, 15) is 0 Å². The van der Waals surface area contributed by atoms with Crippen molar-refractivity contribution in [2.75, 3.05) is 9.62 Å². The Hall–Kier alpha value is -2.96. The molecule has 0 aliphatic carbocycles. The van der Waals surface area contributed by atoms with E-state index in [4.69, 9.17) is 4.98 Å². The van der Waals surface area contributed by atoms with Gasteiger partial charge in [0.1, 0.15) is 11.9 Å². The van der Waals surface area contributed by atoms with Crippen LogP contribution >= 0.6 is 0 Å². The Morgan fingerprint density at radius 1 is 0.862 bits per heavy atom. The molecular weight excluding hydrogens is 359 g/mol. The normalized spacial score (nSPS) is 24.9. The Bertz CT molecular complexity index is 1060. The van der Waals surface area contributed by atoms with Gasteiger partial charge in [-0.3, -0.25) is 4.81 Å². The molecule has 0 saturated carbocycles. The highest BCUT2D eigenvalue weighted by molar-refractivity contribution is 6.75. The molecule has 0 fully saturated rings. The van der Waals surface area contributed by atoms with Crippen LogP contribution in [-0.2, 0) is 5.54 Å². The van der Waals surface area contributed by atoms with Crippen LogP contribution in [0.25, 0.3) is 0 Å². The molecule has 2 unspecified atom stereocenters. The number of hydrogen-bond donors (Lipinski definition) is 0. The van der Waals surface area contributed by atoms with E-state index in [0.29, 0.717) is 0 Å². The van der Waals surface area contributed by atoms with Crippen molar-refractivity contribution in [1.29, 1.82) is 0 Å². The maximum atomic E-state index is 4.85. The maximum Gasteiger partial charge on any atom is 0.481 e. The lowest BCUT2D eigenvalue weighted by atomic mass is 9.39. The second-order valence-corrected chi connectivity index (χ2v) is 8.34. The first-order valence-corrected chi connectivity index (χ1v) is 10.4. The largest absolute Gasteiger partial charge is 0.481 e. The zero-order valence-electron chi connectivity index (χ0n) is 17.4. The predicted molar refractivity (Wildman–Crippen MR) is 116 cm³/mol. The van der Waals surface area contributed by atoms with Crippen LogP contribution in [0.2, 0.25) is 5.31 Å². The summed E-state index contributed by atoms with van der Waals surface area (Å²) in [5.41, 5.74) is 2.16. The van der Waals surface area contributed by atoms with Gasteiger partial charge in [-0.1, -0.05) is 37.9 Å². The molecule has 3 aromatic rings. The third-order valence-corrected chi connectivity index (χ3v) is 7.35. The predicted octanol–water partition coefficient (Wildman–Crippen LogP) is 4.25. The van der Waals surface area contributed by atoms with Crippen LogP contribution in [0.5, 0.6) is 0 Å². The highest BCUT2D eigenvalue weighted by Crippen LogP contribution is 2.60. The van der Waals surface area contributed by atoms with E-state index in [1.54, 1.807) is 0 Å². The Labute approximate surface area is 172 Å². The fraction of sp³-hybridized carbons (Fsp3) is 0.364. The van der Waals surface area contributed by atoms with Crippen LogP contribution in [0.3, 0.4) is 0 Å². The van der Waals surface area contributed by atoms with Crippen LogP contribution < -0.4 is 14.2 Å². The van der Waals surface area contributed by atoms with Gasteiger partial charge in [0.2, 0.25) is 5.95 Å². The minimum atomic E-state index is -0.110. The van der Waals surface area contributed by atoms with Crippen LogP contribution in [0, 0.1) is 0 Å². The van der Waals surface area contributed by atoms with Gasteiger partial charge in [0.15, 0.2) is 0 Å². The van der Waals surface area contributed by atoms with E-state index >= 15 is 0 Å². The number of benzene rings is 1. The van der Waals surface area contributed by atoms with Gasteiger partial charge in [0.05, 0.1) is 17.4 Å². The topological polar surface area (TPSA) is 49.0 Å². The van der Waals surface area contributed by atoms with Crippen molar-refractivity contribution in [2.24, 2.45) is 0 Å². The maximum absolute atomic E-state index is 4.85. The monoisotopic (exact) mass is 385 g/mol. The molecule has 2 aliphatic rings. The molecule has 7 heteroatoms. The van der Waals surface area contributed by atoms with Gasteiger partial charge in [-0.2, -0.15) is 0 Å². The molecule has 1 aromatic carbocycles. The summed E-state index contributed by atoms with van der Waals surface area (Å²) in [5, 5.41) is -0.0827. The van der Waals surface area contributed by atoms with Crippen molar-refractivity contribution in [3.05, 3.63) is 61.2 Å². The zero-order chi connectivity index (χ0) is 20.2. The van der Waals surface area contributed by atoms with E-state index in [1.807, 2.05) is 30.7 Å². The van der Waals surface area contributed by atoms with Crippen LogP contribution in [-0.4, -0.2) is 21.9 Å². The van der Waals surface area contributed by atoms with Gasteiger partial charge < -0.3 is 4.81 Å². The minimum absolute atomic E-state index is 0.0344. The number of nitrogens with zero attached hydrogens (tertiary/aromatic N) is 6. The molecule has 0 spiro atoms. The highest BCUT2D eigenvalue weighted by atomic mass is 15.4. The Kier molecular flexibility index (Phi) is 3.91. The molecule has 0 bridgehead atoms. The van der Waals surface area contributed by atoms with E-state index < -0.39 is 0 Å². The molecule has 4 heterocycles. The lowest BCUT2D eigenvalue weighted by Crippen LogP contribution is -2.74. The van der Waals surface area contributed by atoms with Crippen molar-refractivity contribution >= 4 is 30.3 Å². The van der Waals surface area contributed by atoms with Gasteiger partial charge in [-0.05, 0) is 38.0 Å². The summed E-state index contributed by atoms with van der Waals surface area (Å²) in [6.45, 7) is 9.37. The second-order valence-electron chi connectivity index (χ2n) is 8.34. The van der Waals surface area contributed by atoms with E-state index in [2.05, 4.69) is 82.3 Å². The molecule has 0 saturated heterocycles. The van der Waals surface area contributed by atoms with Crippen LogP contribution in [0.1, 0.15) is 40.5 Å². The standard InChI is InChI=1S/C22H26BN6/c1-5-21(3)22(4,6-2)27-16-10-15-26-20(27)29-18-12-8-7-11-17(18)28(23(21)29)19-24-13-9-14-25-19/h7-16H,5-6H2,1-4H3/q+1. The van der Waals surface area contributed by atoms with Crippen molar-refractivity contribution in [2.45, 2.75) is 51.4 Å². The van der Waals surface area contributed by atoms with Crippen molar-refractivity contribution in [3.63, 3.8) is 0 Å². The fourth-order valence-electron chi connectivity index (χ4n) is 5.29. The van der Waals surface area contributed by atoms with Crippen molar-refractivity contribution < 1.29 is 4.57 Å². The smallest absolute Gasteiger partial charge is 0.316 e. The molecular formula is C22H26BN6+. The Morgan fingerprint density at radius 3 is 2.17 bits per heavy atom. The molecule has 0 N–H and O–H groups in total. The summed E-state index contributed by atoms with van der Waals surface area (Å²) in [5.74, 6) is 1.70. The first-order chi connectivity index (χ1) is 14.1. The number of fused-ring (bicyclic) bond motifs is 5.